The van der Waals surface area contributed by atoms with Gasteiger partial charge in [0, 0.05) is 12.1 Å². The molecule has 3 aromatic rings. The van der Waals surface area contributed by atoms with Crippen molar-refractivity contribution in [2.24, 2.45) is 0 Å². The van der Waals surface area contributed by atoms with Crippen molar-refractivity contribution in [2.45, 2.75) is 12.6 Å². The first-order valence-corrected chi connectivity index (χ1v) is 11.6. The summed E-state index contributed by atoms with van der Waals surface area (Å²) in [6.45, 7) is 0.0423. The van der Waals surface area contributed by atoms with Crippen LogP contribution in [0.3, 0.4) is 0 Å². The molecule has 1 amide bonds. The number of aliphatic hydroxyl groups is 1. The molecule has 36 heavy (non-hydrogen) atoms. The van der Waals surface area contributed by atoms with Crippen LogP contribution in [0, 0.1) is 0 Å². The molecule has 1 fully saturated rings. The average Bonchev–Trinajstić information content (AvgIpc) is 3.13. The number of rotatable bonds is 6. The predicted octanol–water partition coefficient (Wildman–Crippen LogP) is 4.57. The molecule has 3 aromatic carbocycles. The van der Waals surface area contributed by atoms with E-state index >= 15 is 0 Å². The Morgan fingerprint density at radius 2 is 1.61 bits per heavy atom. The summed E-state index contributed by atoms with van der Waals surface area (Å²) in [5.74, 6) is -1.87. The summed E-state index contributed by atoms with van der Waals surface area (Å²) in [4.78, 5) is 39.5. The van der Waals surface area contributed by atoms with Crippen molar-refractivity contribution < 1.29 is 34.1 Å². The Labute approximate surface area is 215 Å². The van der Waals surface area contributed by atoms with Gasteiger partial charge < -0.3 is 24.6 Å². The fraction of sp³-hybridized carbons (Fsp3) is 0.148. The minimum atomic E-state index is -0.910. The van der Waals surface area contributed by atoms with E-state index < -0.39 is 23.7 Å². The molecule has 0 aromatic heterocycles. The SMILES string of the molecule is COC(=O)c1ccc(CN2C(=O)C(=O)/C(=C(\O)c3ccc(OC)c(Br)c3)C2c2ccc(O)cc2)cc1. The highest BCUT2D eigenvalue weighted by atomic mass is 79.9. The third kappa shape index (κ3) is 4.70. The van der Waals surface area contributed by atoms with Gasteiger partial charge in [-0.3, -0.25) is 9.59 Å². The summed E-state index contributed by atoms with van der Waals surface area (Å²) in [7, 11) is 2.79. The van der Waals surface area contributed by atoms with Gasteiger partial charge in [-0.25, -0.2) is 4.79 Å². The second-order valence-electron chi connectivity index (χ2n) is 8.06. The molecule has 2 N–H and O–H groups in total. The molecule has 0 bridgehead atoms. The Balaban J connectivity index is 1.80. The molecule has 1 aliphatic heterocycles. The van der Waals surface area contributed by atoms with Crippen molar-refractivity contribution in [1.82, 2.24) is 4.90 Å². The summed E-state index contributed by atoms with van der Waals surface area (Å²) in [6.07, 6.45) is 0. The third-order valence-electron chi connectivity index (χ3n) is 5.90. The van der Waals surface area contributed by atoms with Gasteiger partial charge in [0.25, 0.3) is 11.7 Å². The van der Waals surface area contributed by atoms with Crippen LogP contribution < -0.4 is 4.74 Å². The number of nitrogens with zero attached hydrogens (tertiary/aromatic N) is 1. The zero-order chi connectivity index (χ0) is 26.0. The lowest BCUT2D eigenvalue weighted by Crippen LogP contribution is -2.29. The first kappa shape index (κ1) is 25.0. The van der Waals surface area contributed by atoms with Gasteiger partial charge in [0.05, 0.1) is 35.9 Å². The highest BCUT2D eigenvalue weighted by Crippen LogP contribution is 2.41. The van der Waals surface area contributed by atoms with Crippen LogP contribution in [0.5, 0.6) is 11.5 Å². The number of aliphatic hydroxyl groups excluding tert-OH is 1. The highest BCUT2D eigenvalue weighted by Gasteiger charge is 2.46. The molecule has 0 spiro atoms. The molecule has 0 saturated carbocycles. The standard InChI is InChI=1S/C27H22BrNO7/c1-35-21-12-9-18(13-20(21)28)24(31)22-23(16-7-10-19(30)11-8-16)29(26(33)25(22)32)14-15-3-5-17(6-4-15)27(34)36-2/h3-13,23,30-31H,14H2,1-2H3/b24-22-. The van der Waals surface area contributed by atoms with E-state index in [1.54, 1.807) is 54.6 Å². The zero-order valence-corrected chi connectivity index (χ0v) is 21.0. The van der Waals surface area contributed by atoms with E-state index in [0.717, 1.165) is 0 Å². The summed E-state index contributed by atoms with van der Waals surface area (Å²) in [5, 5.41) is 21.0. The van der Waals surface area contributed by atoms with Crippen molar-refractivity contribution >= 4 is 39.3 Å². The van der Waals surface area contributed by atoms with E-state index in [1.165, 1.54) is 31.3 Å². The number of amides is 1. The Hall–Kier alpha value is -4.11. The van der Waals surface area contributed by atoms with Crippen LogP contribution in [0.15, 0.2) is 76.8 Å². The second kappa shape index (κ2) is 10.2. The molecule has 1 saturated heterocycles. The first-order valence-electron chi connectivity index (χ1n) is 10.8. The maximum Gasteiger partial charge on any atom is 0.337 e. The largest absolute Gasteiger partial charge is 0.508 e. The van der Waals surface area contributed by atoms with Gasteiger partial charge >= 0.3 is 5.97 Å². The number of hydrogen-bond acceptors (Lipinski definition) is 7. The van der Waals surface area contributed by atoms with Crippen molar-refractivity contribution in [3.63, 3.8) is 0 Å². The monoisotopic (exact) mass is 551 g/mol. The first-order chi connectivity index (χ1) is 17.2. The van der Waals surface area contributed by atoms with E-state index in [9.17, 15) is 24.6 Å². The van der Waals surface area contributed by atoms with Crippen LogP contribution in [0.4, 0.5) is 0 Å². The van der Waals surface area contributed by atoms with Crippen molar-refractivity contribution in [1.29, 1.82) is 0 Å². The number of benzene rings is 3. The normalized spacial score (nSPS) is 16.8. The molecule has 9 heteroatoms. The molecular weight excluding hydrogens is 530 g/mol. The third-order valence-corrected chi connectivity index (χ3v) is 6.52. The quantitative estimate of drug-likeness (QED) is 0.199. The number of carbonyl (C=O) groups excluding carboxylic acids is 3. The molecule has 8 nitrogen and oxygen atoms in total. The number of methoxy groups -OCH3 is 2. The Bertz CT molecular complexity index is 1360. The van der Waals surface area contributed by atoms with E-state index in [2.05, 4.69) is 15.9 Å². The highest BCUT2D eigenvalue weighted by molar-refractivity contribution is 9.10. The van der Waals surface area contributed by atoms with Crippen molar-refractivity contribution in [3.05, 3.63) is 99.0 Å². The average molecular weight is 552 g/mol. The van der Waals surface area contributed by atoms with Gasteiger partial charge in [-0.1, -0.05) is 24.3 Å². The lowest BCUT2D eigenvalue weighted by Gasteiger charge is -2.25. The predicted molar refractivity (Wildman–Crippen MR) is 134 cm³/mol. The van der Waals surface area contributed by atoms with Gasteiger partial charge in [-0.05, 0) is 69.5 Å². The van der Waals surface area contributed by atoms with E-state index in [1.807, 2.05) is 0 Å². The molecule has 1 unspecified atom stereocenters. The van der Waals surface area contributed by atoms with Crippen LogP contribution in [-0.2, 0) is 20.9 Å². The second-order valence-corrected chi connectivity index (χ2v) is 8.91. The van der Waals surface area contributed by atoms with Crippen molar-refractivity contribution in [3.8, 4) is 11.5 Å². The number of ketones is 1. The number of phenolic OH excluding ortho intramolecular Hbond substituents is 1. The maximum atomic E-state index is 13.2. The topological polar surface area (TPSA) is 113 Å². The number of aromatic hydroxyl groups is 1. The molecule has 1 heterocycles. The Morgan fingerprint density at radius 3 is 2.19 bits per heavy atom. The molecule has 1 atom stereocenters. The molecule has 1 aliphatic rings. The number of ether oxygens (including phenoxy) is 2. The number of Topliss-reactive ketones (excluding diaryl/α,β-unsaturated/α-hetero) is 1. The lowest BCUT2D eigenvalue weighted by molar-refractivity contribution is -0.140. The number of carbonyl (C=O) groups is 3. The van der Waals surface area contributed by atoms with Crippen LogP contribution in [-0.4, -0.2) is 47.0 Å². The van der Waals surface area contributed by atoms with E-state index in [0.29, 0.717) is 32.5 Å². The smallest absolute Gasteiger partial charge is 0.337 e. The van der Waals surface area contributed by atoms with Gasteiger partial charge in [0.15, 0.2) is 0 Å². The van der Waals surface area contributed by atoms with Crippen LogP contribution >= 0.6 is 15.9 Å². The van der Waals surface area contributed by atoms with Gasteiger partial charge in [-0.15, -0.1) is 0 Å². The fourth-order valence-electron chi connectivity index (χ4n) is 4.08. The molecule has 184 valence electrons. The van der Waals surface area contributed by atoms with E-state index in [-0.39, 0.29) is 23.6 Å². The Kier molecular flexibility index (Phi) is 7.12. The lowest BCUT2D eigenvalue weighted by atomic mass is 9.95. The van der Waals surface area contributed by atoms with Gasteiger partial charge in [-0.2, -0.15) is 0 Å². The molecule has 4 rings (SSSR count). The summed E-state index contributed by atoms with van der Waals surface area (Å²) in [5.41, 5.74) is 1.80. The van der Waals surface area contributed by atoms with Crippen LogP contribution in [0.2, 0.25) is 0 Å². The summed E-state index contributed by atoms with van der Waals surface area (Å²) < 4.78 is 10.5. The zero-order valence-electron chi connectivity index (χ0n) is 19.4. The summed E-state index contributed by atoms with van der Waals surface area (Å²) >= 11 is 3.37. The number of halogens is 1. The van der Waals surface area contributed by atoms with Crippen LogP contribution in [0.1, 0.15) is 33.1 Å². The number of phenols is 1. The van der Waals surface area contributed by atoms with Crippen LogP contribution in [0.25, 0.3) is 5.76 Å². The molecular formula is C27H22BrNO7. The minimum Gasteiger partial charge on any atom is -0.508 e. The van der Waals surface area contributed by atoms with Gasteiger partial charge in [0.2, 0.25) is 0 Å². The molecule has 0 aliphatic carbocycles. The summed E-state index contributed by atoms with van der Waals surface area (Å²) in [6, 6.07) is 16.5. The Morgan fingerprint density at radius 1 is 0.972 bits per heavy atom. The van der Waals surface area contributed by atoms with E-state index in [4.69, 9.17) is 9.47 Å². The number of esters is 1. The molecule has 0 radical (unpaired) electrons. The van der Waals surface area contributed by atoms with Crippen molar-refractivity contribution in [2.75, 3.05) is 14.2 Å². The van der Waals surface area contributed by atoms with Gasteiger partial charge in [0.1, 0.15) is 17.3 Å². The fourth-order valence-corrected chi connectivity index (χ4v) is 4.62. The maximum absolute atomic E-state index is 13.2. The minimum absolute atomic E-state index is 0.0215. The number of likely N-dealkylation sites (tertiary alicyclic amines) is 1. The number of hydrogen-bond donors (Lipinski definition) is 2.